The van der Waals surface area contributed by atoms with Gasteiger partial charge in [-0.3, -0.25) is 9.59 Å². The summed E-state index contributed by atoms with van der Waals surface area (Å²) in [5, 5.41) is 10.1. The Bertz CT molecular complexity index is 1200. The van der Waals surface area contributed by atoms with Crippen molar-refractivity contribution in [2.24, 2.45) is 11.3 Å². The predicted octanol–water partition coefficient (Wildman–Crippen LogP) is 5.59. The summed E-state index contributed by atoms with van der Waals surface area (Å²) in [6.07, 6.45) is 3.98. The first kappa shape index (κ1) is 22.8. The number of nitrogens with zero attached hydrogens (tertiary/aromatic N) is 1. The molecule has 2 aromatic rings. The minimum Gasteiger partial charge on any atom is -0.504 e. The number of imide groups is 1. The minimum atomic E-state index is -1.12. The van der Waals surface area contributed by atoms with E-state index in [1.165, 1.54) is 19.2 Å². The van der Waals surface area contributed by atoms with Crippen LogP contribution < -0.4 is 9.64 Å². The number of fused-ring (bicyclic) bond motifs is 1. The van der Waals surface area contributed by atoms with Gasteiger partial charge in [0.1, 0.15) is 5.82 Å². The van der Waals surface area contributed by atoms with Gasteiger partial charge >= 0.3 is 0 Å². The Labute approximate surface area is 203 Å². The molecule has 2 aromatic carbocycles. The maximum Gasteiger partial charge on any atom is 0.241 e. The molecule has 2 aliphatic rings. The molecule has 1 heterocycles. The van der Waals surface area contributed by atoms with E-state index in [-0.39, 0.29) is 28.1 Å². The lowest BCUT2D eigenvalue weighted by atomic mass is 9.60. The summed E-state index contributed by atoms with van der Waals surface area (Å²) in [5.41, 5.74) is 0.648. The molecule has 0 radical (unpaired) electrons. The zero-order valence-corrected chi connectivity index (χ0v) is 20.3. The molecule has 1 aliphatic heterocycles. The number of hydrogen-bond donors (Lipinski definition) is 1. The van der Waals surface area contributed by atoms with E-state index in [1.807, 2.05) is 28.7 Å². The largest absolute Gasteiger partial charge is 0.504 e. The topological polar surface area (TPSA) is 66.8 Å². The van der Waals surface area contributed by atoms with Gasteiger partial charge in [0.15, 0.2) is 11.5 Å². The van der Waals surface area contributed by atoms with Gasteiger partial charge in [-0.15, -0.1) is 0 Å². The zero-order chi connectivity index (χ0) is 23.4. The zero-order valence-electron chi connectivity index (χ0n) is 17.4. The molecule has 3 atom stereocenters. The maximum atomic E-state index is 13.8. The molecule has 4 rings (SSSR count). The molecule has 1 aliphatic carbocycles. The third-order valence-electron chi connectivity index (χ3n) is 6.43. The van der Waals surface area contributed by atoms with Crippen LogP contribution in [0.25, 0.3) is 0 Å². The van der Waals surface area contributed by atoms with Crippen molar-refractivity contribution < 1.29 is 23.8 Å². The second kappa shape index (κ2) is 8.19. The number of allylic oxidation sites excluding steroid dienone is 3. The number of phenolic OH excluding ortho intramolecular Hbond substituents is 1. The van der Waals surface area contributed by atoms with Crippen LogP contribution in [-0.4, -0.2) is 24.0 Å². The third kappa shape index (κ3) is 3.25. The Morgan fingerprint density at radius 1 is 1.34 bits per heavy atom. The molecular formula is C24H20ClFINO4. The lowest BCUT2D eigenvalue weighted by Gasteiger charge is -2.40. The van der Waals surface area contributed by atoms with Crippen LogP contribution in [0.3, 0.4) is 0 Å². The van der Waals surface area contributed by atoms with Crippen LogP contribution in [-0.2, 0) is 9.59 Å². The van der Waals surface area contributed by atoms with Crippen LogP contribution in [0.5, 0.6) is 11.5 Å². The number of carbonyl (C=O) groups excluding carboxylic acids is 2. The summed E-state index contributed by atoms with van der Waals surface area (Å²) in [6.45, 7) is 5.68. The summed E-state index contributed by atoms with van der Waals surface area (Å²) in [6, 6.07) is 7.27. The highest BCUT2D eigenvalue weighted by Gasteiger charge is 2.62. The molecule has 1 N–H and O–H groups in total. The van der Waals surface area contributed by atoms with Crippen LogP contribution in [0.1, 0.15) is 24.8 Å². The van der Waals surface area contributed by atoms with Gasteiger partial charge in [0.05, 0.1) is 32.7 Å². The molecule has 1 fully saturated rings. The van der Waals surface area contributed by atoms with E-state index >= 15 is 0 Å². The number of benzene rings is 2. The van der Waals surface area contributed by atoms with Crippen molar-refractivity contribution in [2.45, 2.75) is 19.3 Å². The fourth-order valence-electron chi connectivity index (χ4n) is 4.82. The van der Waals surface area contributed by atoms with Gasteiger partial charge in [-0.2, -0.15) is 0 Å². The summed E-state index contributed by atoms with van der Waals surface area (Å²) in [5.74, 6) is -2.21. The molecule has 1 saturated heterocycles. The monoisotopic (exact) mass is 567 g/mol. The molecular weight excluding hydrogens is 548 g/mol. The number of carbonyl (C=O) groups is 2. The van der Waals surface area contributed by atoms with Crippen molar-refractivity contribution in [1.82, 2.24) is 0 Å². The fraction of sp³-hybridized carbons (Fsp3) is 0.250. The van der Waals surface area contributed by atoms with Gasteiger partial charge in [-0.05, 0) is 77.4 Å². The lowest BCUT2D eigenvalue weighted by Crippen LogP contribution is -2.41. The molecule has 166 valence electrons. The Balaban J connectivity index is 1.89. The van der Waals surface area contributed by atoms with E-state index in [4.69, 9.17) is 16.3 Å². The third-order valence-corrected chi connectivity index (χ3v) is 7.54. The van der Waals surface area contributed by atoms with Crippen molar-refractivity contribution in [3.63, 3.8) is 0 Å². The number of methoxy groups -OCH3 is 1. The highest BCUT2D eigenvalue weighted by atomic mass is 127. The van der Waals surface area contributed by atoms with Gasteiger partial charge in [0, 0.05) is 5.92 Å². The average Bonchev–Trinajstić information content (AvgIpc) is 2.96. The molecule has 0 bridgehead atoms. The van der Waals surface area contributed by atoms with Gasteiger partial charge in [-0.25, -0.2) is 9.29 Å². The number of aromatic hydroxyl groups is 1. The van der Waals surface area contributed by atoms with Crippen molar-refractivity contribution in [3.05, 3.63) is 74.6 Å². The first-order valence-corrected chi connectivity index (χ1v) is 11.3. The van der Waals surface area contributed by atoms with E-state index in [0.717, 1.165) is 22.1 Å². The van der Waals surface area contributed by atoms with Crippen LogP contribution in [0.15, 0.2) is 54.6 Å². The lowest BCUT2D eigenvalue weighted by molar-refractivity contribution is -0.127. The number of halogens is 3. The van der Waals surface area contributed by atoms with Crippen LogP contribution >= 0.6 is 34.2 Å². The van der Waals surface area contributed by atoms with E-state index in [0.29, 0.717) is 9.99 Å². The fourth-order valence-corrected chi connectivity index (χ4v) is 5.62. The minimum absolute atomic E-state index is 0.00917. The SMILES string of the molecule is C=CC1=CC[C@H]2C(=O)N(c3ccc(F)c(Cl)c3)C(=O)[C@@]2(C)[C@H]1c1cc(I)c(O)c(OC)c1. The summed E-state index contributed by atoms with van der Waals surface area (Å²) >= 11 is 7.93. The van der Waals surface area contributed by atoms with Crippen LogP contribution in [0, 0.1) is 20.7 Å². The molecule has 0 unspecified atom stereocenters. The molecule has 2 amide bonds. The second-order valence-electron chi connectivity index (χ2n) is 8.04. The van der Waals surface area contributed by atoms with Crippen LogP contribution in [0.4, 0.5) is 10.1 Å². The first-order chi connectivity index (χ1) is 15.1. The van der Waals surface area contributed by atoms with Gasteiger partial charge in [0.2, 0.25) is 11.8 Å². The highest BCUT2D eigenvalue weighted by molar-refractivity contribution is 14.1. The number of amides is 2. The van der Waals surface area contributed by atoms with E-state index < -0.39 is 29.0 Å². The van der Waals surface area contributed by atoms with Crippen LogP contribution in [0.2, 0.25) is 5.02 Å². The van der Waals surface area contributed by atoms with Crippen molar-refractivity contribution in [2.75, 3.05) is 12.0 Å². The molecule has 32 heavy (non-hydrogen) atoms. The Kier molecular flexibility index (Phi) is 5.83. The maximum absolute atomic E-state index is 13.8. The molecule has 0 aromatic heterocycles. The van der Waals surface area contributed by atoms with Gasteiger partial charge in [-0.1, -0.05) is 30.3 Å². The van der Waals surface area contributed by atoms with E-state index in [1.54, 1.807) is 25.1 Å². The number of ether oxygens (including phenoxy) is 1. The molecule has 5 nitrogen and oxygen atoms in total. The smallest absolute Gasteiger partial charge is 0.241 e. The summed E-state index contributed by atoms with van der Waals surface area (Å²) in [4.78, 5) is 28.4. The molecule has 8 heteroatoms. The number of anilines is 1. The van der Waals surface area contributed by atoms with Crippen molar-refractivity contribution >= 4 is 51.7 Å². The van der Waals surface area contributed by atoms with Gasteiger partial charge < -0.3 is 9.84 Å². The Morgan fingerprint density at radius 2 is 2.06 bits per heavy atom. The highest BCUT2D eigenvalue weighted by Crippen LogP contribution is 2.57. The Hall–Kier alpha value is -2.39. The van der Waals surface area contributed by atoms with E-state index in [2.05, 4.69) is 6.58 Å². The molecule has 0 saturated carbocycles. The molecule has 0 spiro atoms. The summed E-state index contributed by atoms with van der Waals surface area (Å²) in [7, 11) is 1.45. The normalized spacial score (nSPS) is 24.9. The number of phenols is 1. The van der Waals surface area contributed by atoms with Crippen molar-refractivity contribution in [1.29, 1.82) is 0 Å². The average molecular weight is 568 g/mol. The summed E-state index contributed by atoms with van der Waals surface area (Å²) < 4.78 is 19.6. The Morgan fingerprint density at radius 3 is 2.69 bits per heavy atom. The number of hydrogen-bond acceptors (Lipinski definition) is 4. The quantitative estimate of drug-likeness (QED) is 0.386. The standard InChI is InChI=1S/C24H20ClFINO4/c1-4-12-5-7-15-22(30)28(14-6-8-17(26)16(25)11-14)23(31)24(15,2)20(12)13-9-18(27)21(29)19(10-13)32-3/h4-6,8-11,15,20,29H,1,7H2,2-3H3/t15-,20+,24+/m0/s1. The first-order valence-electron chi connectivity index (χ1n) is 9.87. The number of rotatable bonds is 4. The predicted molar refractivity (Wildman–Crippen MR) is 129 cm³/mol. The van der Waals surface area contributed by atoms with E-state index in [9.17, 15) is 19.1 Å². The second-order valence-corrected chi connectivity index (χ2v) is 9.61. The van der Waals surface area contributed by atoms with Crippen molar-refractivity contribution in [3.8, 4) is 11.5 Å². The van der Waals surface area contributed by atoms with Gasteiger partial charge in [0.25, 0.3) is 0 Å².